The van der Waals surface area contributed by atoms with Crippen LogP contribution >= 0.6 is 11.6 Å². The Morgan fingerprint density at radius 2 is 1.85 bits per heavy atom. The van der Waals surface area contributed by atoms with E-state index in [1.165, 1.54) is 12.8 Å². The first-order valence-corrected chi connectivity index (χ1v) is 11.3. The first-order chi connectivity index (χ1) is 16.1. The molecule has 8 nitrogen and oxygen atoms in total. The highest BCUT2D eigenvalue weighted by Gasteiger charge is 2.20. The predicted octanol–water partition coefficient (Wildman–Crippen LogP) is 5.36. The molecule has 1 fully saturated rings. The van der Waals surface area contributed by atoms with Crippen LogP contribution in [-0.4, -0.2) is 37.8 Å². The summed E-state index contributed by atoms with van der Waals surface area (Å²) in [5.74, 6) is 0.126. The lowest BCUT2D eigenvalue weighted by atomic mass is 10.0. The van der Waals surface area contributed by atoms with Gasteiger partial charge in [0.25, 0.3) is 5.88 Å². The van der Waals surface area contributed by atoms with Gasteiger partial charge in [-0.2, -0.15) is 5.10 Å². The van der Waals surface area contributed by atoms with Crippen molar-refractivity contribution in [3.05, 3.63) is 53.7 Å². The Labute approximate surface area is 195 Å². The van der Waals surface area contributed by atoms with Crippen molar-refractivity contribution in [1.82, 2.24) is 25.5 Å². The average molecular weight is 463 g/mol. The number of urea groups is 1. The number of amides is 2. The number of halogens is 1. The molecule has 4 aromatic rings. The second-order valence-corrected chi connectivity index (χ2v) is 8.64. The van der Waals surface area contributed by atoms with E-state index in [9.17, 15) is 9.90 Å². The Balaban J connectivity index is 1.51. The molecule has 5 rings (SSSR count). The fraction of sp³-hybridized carbons (Fsp3) is 0.250. The number of hydrogen-bond acceptors (Lipinski definition) is 5. The van der Waals surface area contributed by atoms with E-state index in [-0.39, 0.29) is 11.7 Å². The van der Waals surface area contributed by atoms with Crippen molar-refractivity contribution in [2.45, 2.75) is 25.7 Å². The topological polar surface area (TPSA) is 116 Å². The number of aromatic nitrogens is 4. The normalized spacial score (nSPS) is 14.0. The zero-order valence-electron chi connectivity index (χ0n) is 17.8. The summed E-state index contributed by atoms with van der Waals surface area (Å²) >= 11 is 6.43. The molecule has 168 valence electrons. The van der Waals surface area contributed by atoms with Gasteiger partial charge in [0.15, 0.2) is 5.82 Å². The molecule has 2 heterocycles. The molecule has 9 heteroatoms. The number of benzene rings is 2. The van der Waals surface area contributed by atoms with Gasteiger partial charge in [-0.15, -0.1) is 0 Å². The third-order valence-corrected chi connectivity index (χ3v) is 6.25. The van der Waals surface area contributed by atoms with E-state index in [0.29, 0.717) is 34.4 Å². The standard InChI is InChI=1S/C24H23ClN6O2/c25-18-11-16(10-17-13-27-31-19(17)18)21-20(15-8-2-1-3-9-15)28-22(23(32)29-21)30-24(33)26-12-14-6-4-5-7-14/h1-3,8-11,13-14H,4-7,12H2,(H,27,31)(H,29,32)(H2,26,28,30,33). The van der Waals surface area contributed by atoms with Crippen LogP contribution in [0.15, 0.2) is 48.7 Å². The van der Waals surface area contributed by atoms with Crippen molar-refractivity contribution in [3.63, 3.8) is 0 Å². The van der Waals surface area contributed by atoms with Gasteiger partial charge in [-0.3, -0.25) is 10.4 Å². The van der Waals surface area contributed by atoms with E-state index >= 15 is 0 Å². The molecule has 0 aliphatic heterocycles. The van der Waals surface area contributed by atoms with Crippen molar-refractivity contribution < 1.29 is 9.90 Å². The molecule has 0 spiro atoms. The number of carbonyl (C=O) groups excluding carboxylic acids is 1. The number of rotatable bonds is 5. The number of fused-ring (bicyclic) bond motifs is 1. The van der Waals surface area contributed by atoms with Crippen LogP contribution in [0.5, 0.6) is 5.88 Å². The summed E-state index contributed by atoms with van der Waals surface area (Å²) in [4.78, 5) is 21.4. The summed E-state index contributed by atoms with van der Waals surface area (Å²) in [6, 6.07) is 12.7. The molecule has 0 unspecified atom stereocenters. The summed E-state index contributed by atoms with van der Waals surface area (Å²) in [6.45, 7) is 0.604. The van der Waals surface area contributed by atoms with Crippen molar-refractivity contribution in [2.75, 3.05) is 11.9 Å². The van der Waals surface area contributed by atoms with Crippen LogP contribution in [-0.2, 0) is 0 Å². The molecule has 1 aliphatic rings. The van der Waals surface area contributed by atoms with E-state index in [2.05, 4.69) is 30.8 Å². The number of aromatic hydroxyl groups is 1. The summed E-state index contributed by atoms with van der Waals surface area (Å²) < 4.78 is 0. The lowest BCUT2D eigenvalue weighted by molar-refractivity contribution is 0.250. The average Bonchev–Trinajstić information content (AvgIpc) is 3.51. The molecular weight excluding hydrogens is 440 g/mol. The highest BCUT2D eigenvalue weighted by molar-refractivity contribution is 6.35. The summed E-state index contributed by atoms with van der Waals surface area (Å²) in [5.41, 5.74) is 3.14. The molecular formula is C24H23ClN6O2. The highest BCUT2D eigenvalue weighted by Crippen LogP contribution is 2.36. The zero-order valence-corrected chi connectivity index (χ0v) is 18.6. The summed E-state index contributed by atoms with van der Waals surface area (Å²) in [7, 11) is 0. The summed E-state index contributed by atoms with van der Waals surface area (Å²) in [5, 5.41) is 24.3. The maximum atomic E-state index is 12.5. The van der Waals surface area contributed by atoms with Gasteiger partial charge in [0.05, 0.1) is 22.4 Å². The Kier molecular flexibility index (Phi) is 5.83. The first-order valence-electron chi connectivity index (χ1n) is 10.9. The highest BCUT2D eigenvalue weighted by atomic mass is 35.5. The fourth-order valence-corrected chi connectivity index (χ4v) is 4.53. The third kappa shape index (κ3) is 4.47. The Bertz CT molecular complexity index is 1300. The molecule has 0 atom stereocenters. The minimum Gasteiger partial charge on any atom is -0.491 e. The number of aromatic amines is 1. The van der Waals surface area contributed by atoms with E-state index in [0.717, 1.165) is 29.3 Å². The molecule has 2 aromatic carbocycles. The maximum Gasteiger partial charge on any atom is 0.320 e. The fourth-order valence-electron chi connectivity index (χ4n) is 4.26. The predicted molar refractivity (Wildman–Crippen MR) is 128 cm³/mol. The van der Waals surface area contributed by atoms with Gasteiger partial charge in [-0.25, -0.2) is 14.8 Å². The van der Waals surface area contributed by atoms with Crippen LogP contribution < -0.4 is 10.6 Å². The van der Waals surface area contributed by atoms with Crippen molar-refractivity contribution in [1.29, 1.82) is 0 Å². The molecule has 2 amide bonds. The van der Waals surface area contributed by atoms with Gasteiger partial charge in [-0.05, 0) is 30.9 Å². The molecule has 1 saturated carbocycles. The quantitative estimate of drug-likeness (QED) is 0.318. The van der Waals surface area contributed by atoms with Crippen LogP contribution in [0.3, 0.4) is 0 Å². The Morgan fingerprint density at radius 3 is 2.64 bits per heavy atom. The molecule has 4 N–H and O–H groups in total. The molecule has 0 radical (unpaired) electrons. The second-order valence-electron chi connectivity index (χ2n) is 8.24. The van der Waals surface area contributed by atoms with E-state index in [1.807, 2.05) is 36.4 Å². The van der Waals surface area contributed by atoms with Crippen molar-refractivity contribution >= 4 is 34.4 Å². The number of nitrogens with one attached hydrogen (secondary N) is 3. The van der Waals surface area contributed by atoms with Crippen LogP contribution in [0.4, 0.5) is 10.6 Å². The lowest BCUT2D eigenvalue weighted by Crippen LogP contribution is -2.32. The Morgan fingerprint density at radius 1 is 1.09 bits per heavy atom. The third-order valence-electron chi connectivity index (χ3n) is 5.96. The van der Waals surface area contributed by atoms with E-state index in [1.54, 1.807) is 12.3 Å². The largest absolute Gasteiger partial charge is 0.491 e. The monoisotopic (exact) mass is 462 g/mol. The van der Waals surface area contributed by atoms with Crippen LogP contribution in [0.1, 0.15) is 25.7 Å². The number of nitrogens with zero attached hydrogens (tertiary/aromatic N) is 3. The minimum absolute atomic E-state index is 0.00277. The van der Waals surface area contributed by atoms with Gasteiger partial charge in [0, 0.05) is 23.1 Å². The minimum atomic E-state index is -0.416. The smallest absolute Gasteiger partial charge is 0.320 e. The summed E-state index contributed by atoms with van der Waals surface area (Å²) in [6.07, 6.45) is 6.34. The van der Waals surface area contributed by atoms with Gasteiger partial charge in [-0.1, -0.05) is 54.8 Å². The first kappa shape index (κ1) is 21.2. The number of carbonyl (C=O) groups is 1. The molecule has 33 heavy (non-hydrogen) atoms. The van der Waals surface area contributed by atoms with Gasteiger partial charge >= 0.3 is 6.03 Å². The lowest BCUT2D eigenvalue weighted by Gasteiger charge is -2.15. The number of H-pyrrole nitrogens is 1. The molecule has 0 saturated heterocycles. The molecule has 1 aliphatic carbocycles. The van der Waals surface area contributed by atoms with Gasteiger partial charge < -0.3 is 10.4 Å². The van der Waals surface area contributed by atoms with Crippen molar-refractivity contribution in [3.8, 4) is 28.4 Å². The van der Waals surface area contributed by atoms with E-state index in [4.69, 9.17) is 11.6 Å². The van der Waals surface area contributed by atoms with Crippen LogP contribution in [0.25, 0.3) is 33.4 Å². The molecule has 0 bridgehead atoms. The van der Waals surface area contributed by atoms with Crippen molar-refractivity contribution in [2.24, 2.45) is 5.92 Å². The maximum absolute atomic E-state index is 12.5. The molecule has 2 aromatic heterocycles. The Hall–Kier alpha value is -3.65. The SMILES string of the molecule is O=C(NCC1CCCC1)Nc1nc(-c2ccccc2)c(-c2cc(Cl)c3[nH]ncc3c2)nc1O. The van der Waals surface area contributed by atoms with E-state index < -0.39 is 6.03 Å². The van der Waals surface area contributed by atoms with Gasteiger partial charge in [0.2, 0.25) is 0 Å². The zero-order chi connectivity index (χ0) is 22.8. The van der Waals surface area contributed by atoms with Gasteiger partial charge in [0.1, 0.15) is 5.69 Å². The second kappa shape index (κ2) is 9.07. The number of anilines is 1. The van der Waals surface area contributed by atoms with Crippen LogP contribution in [0.2, 0.25) is 5.02 Å². The van der Waals surface area contributed by atoms with Crippen LogP contribution in [0, 0.1) is 5.92 Å². The number of hydrogen-bond donors (Lipinski definition) is 4.